The van der Waals surface area contributed by atoms with Crippen molar-refractivity contribution in [3.8, 4) is 22.6 Å². The number of methoxy groups -OCH3 is 1. The van der Waals surface area contributed by atoms with Crippen LogP contribution in [-0.4, -0.2) is 105 Å². The molecule has 49 heavy (non-hydrogen) atoms. The van der Waals surface area contributed by atoms with E-state index in [1.54, 1.807) is 19.5 Å². The van der Waals surface area contributed by atoms with E-state index >= 15 is 0 Å². The van der Waals surface area contributed by atoms with Gasteiger partial charge < -0.3 is 19.9 Å². The van der Waals surface area contributed by atoms with Crippen molar-refractivity contribution in [2.24, 2.45) is 5.41 Å². The number of fused-ring (bicyclic) bond motifs is 3. The van der Waals surface area contributed by atoms with E-state index < -0.39 is 11.2 Å². The first kappa shape index (κ1) is 31.0. The molecule has 2 N–H and O–H groups in total. The van der Waals surface area contributed by atoms with Crippen molar-refractivity contribution in [2.75, 3.05) is 56.7 Å². The Bertz CT molecular complexity index is 1990. The first-order valence-corrected chi connectivity index (χ1v) is 16.4. The van der Waals surface area contributed by atoms with Crippen LogP contribution in [-0.2, 0) is 14.3 Å². The topological polar surface area (TPSA) is 132 Å². The van der Waals surface area contributed by atoms with Crippen LogP contribution >= 0.6 is 0 Å². The molecule has 0 radical (unpaired) electrons. The minimum atomic E-state index is -0.778. The van der Waals surface area contributed by atoms with Crippen LogP contribution < -0.4 is 10.2 Å². The summed E-state index contributed by atoms with van der Waals surface area (Å²) in [6.07, 6.45) is 7.30. The fourth-order valence-electron chi connectivity index (χ4n) is 7.66. The molecule has 0 saturated carbocycles. The molecule has 2 amide bonds. The Morgan fingerprint density at radius 3 is 2.55 bits per heavy atom. The highest BCUT2D eigenvalue weighted by atomic mass is 19.1. The number of amides is 2. The van der Waals surface area contributed by atoms with E-state index in [1.165, 1.54) is 12.4 Å². The van der Waals surface area contributed by atoms with E-state index in [2.05, 4.69) is 40.3 Å². The number of rotatable bonds is 9. The van der Waals surface area contributed by atoms with Crippen molar-refractivity contribution in [3.05, 3.63) is 85.2 Å². The third-order valence-corrected chi connectivity index (χ3v) is 10.1. The number of halogens is 1. The quantitative estimate of drug-likeness (QED) is 0.241. The van der Waals surface area contributed by atoms with Gasteiger partial charge in [-0.15, -0.1) is 0 Å². The predicted octanol–water partition coefficient (Wildman–Crippen LogP) is 3.99. The molecule has 12 nitrogen and oxygen atoms in total. The summed E-state index contributed by atoms with van der Waals surface area (Å²) in [5.41, 5.74) is 4.40. The molecule has 13 heteroatoms. The average Bonchev–Trinajstić information content (AvgIpc) is 3.93. The fourth-order valence-corrected chi connectivity index (χ4v) is 7.66. The van der Waals surface area contributed by atoms with Gasteiger partial charge in [-0.2, -0.15) is 5.10 Å². The van der Waals surface area contributed by atoms with Crippen LogP contribution in [0.5, 0.6) is 0 Å². The normalized spacial score (nSPS) is 21.9. The van der Waals surface area contributed by atoms with Gasteiger partial charge in [0.15, 0.2) is 11.6 Å². The van der Waals surface area contributed by atoms with E-state index in [9.17, 15) is 14.0 Å². The molecule has 2 aromatic carbocycles. The number of pyridine rings is 1. The van der Waals surface area contributed by atoms with E-state index in [4.69, 9.17) is 4.74 Å². The smallest absolute Gasteiger partial charge is 0.237 e. The summed E-state index contributed by atoms with van der Waals surface area (Å²) in [6, 6.07) is 17.9. The lowest BCUT2D eigenvalue weighted by Crippen LogP contribution is -2.51. The van der Waals surface area contributed by atoms with Gasteiger partial charge >= 0.3 is 0 Å². The van der Waals surface area contributed by atoms with Crippen LogP contribution in [0.1, 0.15) is 12.8 Å². The molecule has 3 aliphatic rings. The first-order valence-electron chi connectivity index (χ1n) is 16.4. The second kappa shape index (κ2) is 12.6. The van der Waals surface area contributed by atoms with Gasteiger partial charge in [0, 0.05) is 73.1 Å². The number of aromatic amines is 1. The Morgan fingerprint density at radius 1 is 1.02 bits per heavy atom. The molecule has 250 valence electrons. The number of aromatic nitrogens is 5. The van der Waals surface area contributed by atoms with Gasteiger partial charge in [0.25, 0.3) is 0 Å². The maximum Gasteiger partial charge on any atom is 0.237 e. The van der Waals surface area contributed by atoms with E-state index in [1.807, 2.05) is 59.5 Å². The number of anilines is 2. The summed E-state index contributed by atoms with van der Waals surface area (Å²) in [5.74, 6) is -0.00896. The Morgan fingerprint density at radius 2 is 1.82 bits per heavy atom. The van der Waals surface area contributed by atoms with Crippen molar-refractivity contribution in [3.63, 3.8) is 0 Å². The fraction of sp³-hybridized carbons (Fsp3) is 0.333. The number of ether oxygens (including phenoxy) is 1. The maximum atomic E-state index is 13.9. The number of piperazine rings is 1. The monoisotopic (exact) mass is 661 g/mol. The lowest BCUT2D eigenvalue weighted by Gasteiger charge is -2.36. The molecule has 2 bridgehead atoms. The molecular weight excluding hydrogens is 625 g/mol. The molecule has 3 saturated heterocycles. The number of carbonyl (C=O) groups is 2. The zero-order valence-electron chi connectivity index (χ0n) is 27.1. The molecule has 0 aliphatic carbocycles. The summed E-state index contributed by atoms with van der Waals surface area (Å²) >= 11 is 0. The number of benzene rings is 2. The highest BCUT2D eigenvalue weighted by Gasteiger charge is 2.48. The van der Waals surface area contributed by atoms with Gasteiger partial charge in [-0.05, 0) is 74.0 Å². The van der Waals surface area contributed by atoms with Crippen LogP contribution in [0.15, 0.2) is 79.4 Å². The maximum absolute atomic E-state index is 13.9. The Balaban J connectivity index is 0.891. The highest BCUT2D eigenvalue weighted by Crippen LogP contribution is 2.37. The second-order valence-corrected chi connectivity index (χ2v) is 13.2. The molecule has 5 aromatic rings. The Hall–Kier alpha value is -5.27. The lowest BCUT2D eigenvalue weighted by molar-refractivity contribution is -0.134. The zero-order valence-corrected chi connectivity index (χ0v) is 27.1. The number of likely N-dealkylation sites (tertiary alicyclic amines) is 2. The van der Waals surface area contributed by atoms with Gasteiger partial charge in [0.1, 0.15) is 5.69 Å². The number of nitrogens with one attached hydrogen (secondary N) is 2. The third-order valence-electron chi connectivity index (χ3n) is 10.1. The Kier molecular flexibility index (Phi) is 8.00. The zero-order chi connectivity index (χ0) is 33.5. The van der Waals surface area contributed by atoms with Crippen LogP contribution in [0.3, 0.4) is 0 Å². The molecule has 8 rings (SSSR count). The van der Waals surface area contributed by atoms with Crippen molar-refractivity contribution < 1.29 is 18.7 Å². The molecular formula is C36H36FN9O3. The van der Waals surface area contributed by atoms with Gasteiger partial charge in [-0.1, -0.05) is 0 Å². The third kappa shape index (κ3) is 5.89. The second-order valence-electron chi connectivity index (χ2n) is 13.2. The van der Waals surface area contributed by atoms with Crippen LogP contribution in [0.2, 0.25) is 0 Å². The lowest BCUT2D eigenvalue weighted by atomic mass is 9.87. The molecule has 6 heterocycles. The van der Waals surface area contributed by atoms with E-state index in [-0.39, 0.29) is 37.0 Å². The molecule has 1 unspecified atom stereocenters. The standard InChI is InChI=1S/C36H36FN9O3/c1-49-22-36(35(48)41-26-4-7-31-30(14-26)33(43-42-31)23-8-11-38-12-9-23)10-13-44(21-36)20-32(47)46-19-28-15-29(46)18-45(28)27-5-2-24(3-6-27)34-39-16-25(37)17-40-34/h2-9,11-12,14,16-17,28-29H,10,13,15,18-22H2,1H3,(H,41,48)(H,42,43)/t28-,29-,36?/m0/s1. The van der Waals surface area contributed by atoms with Crippen molar-refractivity contribution in [1.29, 1.82) is 0 Å². The Labute approximate surface area is 282 Å². The van der Waals surface area contributed by atoms with Gasteiger partial charge in [0.05, 0.1) is 42.5 Å². The van der Waals surface area contributed by atoms with Crippen LogP contribution in [0.4, 0.5) is 15.8 Å². The van der Waals surface area contributed by atoms with Crippen molar-refractivity contribution >= 4 is 34.1 Å². The first-order chi connectivity index (χ1) is 23.9. The summed E-state index contributed by atoms with van der Waals surface area (Å²) in [6.45, 7) is 3.03. The highest BCUT2D eigenvalue weighted by molar-refractivity contribution is 6.00. The molecule has 0 spiro atoms. The van der Waals surface area contributed by atoms with E-state index in [0.717, 1.165) is 46.4 Å². The van der Waals surface area contributed by atoms with Gasteiger partial charge in [-0.3, -0.25) is 24.6 Å². The van der Waals surface area contributed by atoms with E-state index in [0.29, 0.717) is 37.6 Å². The number of hydrogen-bond donors (Lipinski definition) is 2. The van der Waals surface area contributed by atoms with Crippen molar-refractivity contribution in [2.45, 2.75) is 24.9 Å². The van der Waals surface area contributed by atoms with Crippen molar-refractivity contribution in [1.82, 2.24) is 34.9 Å². The summed E-state index contributed by atoms with van der Waals surface area (Å²) in [4.78, 5) is 46.2. The largest absolute Gasteiger partial charge is 0.384 e. The SMILES string of the molecule is COCC1(C(=O)Nc2ccc3[nH]nc(-c4ccncc4)c3c2)CCN(CC(=O)N2C[C@@H]3C[C@H]2CN3c2ccc(-c3ncc(F)cn3)cc2)C1. The minimum Gasteiger partial charge on any atom is -0.384 e. The number of hydrogen-bond acceptors (Lipinski definition) is 9. The summed E-state index contributed by atoms with van der Waals surface area (Å²) in [5, 5.41) is 11.6. The van der Waals surface area contributed by atoms with Crippen LogP contribution in [0, 0.1) is 11.2 Å². The summed E-state index contributed by atoms with van der Waals surface area (Å²) < 4.78 is 18.8. The molecule has 3 aromatic heterocycles. The van der Waals surface area contributed by atoms with Gasteiger partial charge in [-0.25, -0.2) is 14.4 Å². The summed E-state index contributed by atoms with van der Waals surface area (Å²) in [7, 11) is 1.61. The van der Waals surface area contributed by atoms with Crippen LogP contribution in [0.25, 0.3) is 33.5 Å². The van der Waals surface area contributed by atoms with Gasteiger partial charge in [0.2, 0.25) is 11.8 Å². The number of H-pyrrole nitrogens is 1. The molecule has 3 atom stereocenters. The number of nitrogens with zero attached hydrogens (tertiary/aromatic N) is 7. The molecule has 3 aliphatic heterocycles. The number of carbonyl (C=O) groups excluding carboxylic acids is 2. The predicted molar refractivity (Wildman–Crippen MR) is 182 cm³/mol. The minimum absolute atomic E-state index is 0.0960. The molecule has 3 fully saturated rings. The average molecular weight is 662 g/mol.